The average Bonchev–Trinajstić information content (AvgIpc) is 2.62. The largest absolute Gasteiger partial charge is 0.325 e. The topological polar surface area (TPSA) is 72.2 Å². The van der Waals surface area contributed by atoms with Crippen molar-refractivity contribution in [1.82, 2.24) is 0 Å². The molecule has 0 aliphatic carbocycles. The number of non-ortho nitro benzene ring substituents is 1. The fraction of sp³-hybridized carbons (Fsp3) is 0.250. The van der Waals surface area contributed by atoms with Crippen molar-refractivity contribution in [2.45, 2.75) is 26.7 Å². The van der Waals surface area contributed by atoms with Gasteiger partial charge in [-0.3, -0.25) is 14.9 Å². The van der Waals surface area contributed by atoms with Gasteiger partial charge >= 0.3 is 0 Å². The summed E-state index contributed by atoms with van der Waals surface area (Å²) in [6, 6.07) is 10.1. The van der Waals surface area contributed by atoms with Gasteiger partial charge in [0.1, 0.15) is 5.82 Å². The summed E-state index contributed by atoms with van der Waals surface area (Å²) in [5, 5.41) is 13.9. The number of hydrogen-bond donors (Lipinski definition) is 1. The minimum Gasteiger partial charge on any atom is -0.325 e. The van der Waals surface area contributed by atoms with Gasteiger partial charge in [0, 0.05) is 34.9 Å². The maximum atomic E-state index is 14.1. The number of rotatable bonds is 7. The molecule has 0 saturated carbocycles. The molecule has 26 heavy (non-hydrogen) atoms. The fourth-order valence-corrected chi connectivity index (χ4v) is 2.75. The molecule has 0 spiro atoms. The SMILES string of the molecule is C=C(c1ccccc1F)c1cc([N+](=O)[O-])ccc1NC(=O)C(CC)CC. The molecule has 0 aliphatic heterocycles. The van der Waals surface area contributed by atoms with Crippen molar-refractivity contribution >= 4 is 22.9 Å². The number of nitro groups is 1. The van der Waals surface area contributed by atoms with E-state index in [1.807, 2.05) is 13.8 Å². The molecule has 0 bridgehead atoms. The van der Waals surface area contributed by atoms with Crippen molar-refractivity contribution in [3.63, 3.8) is 0 Å². The van der Waals surface area contributed by atoms with Crippen molar-refractivity contribution in [1.29, 1.82) is 0 Å². The van der Waals surface area contributed by atoms with Crippen LogP contribution in [0.3, 0.4) is 0 Å². The third kappa shape index (κ3) is 4.14. The summed E-state index contributed by atoms with van der Waals surface area (Å²) in [6.45, 7) is 7.73. The highest BCUT2D eigenvalue weighted by Crippen LogP contribution is 2.33. The maximum Gasteiger partial charge on any atom is 0.270 e. The summed E-state index contributed by atoms with van der Waals surface area (Å²) in [5.74, 6) is -0.826. The second-order valence-electron chi connectivity index (χ2n) is 5.95. The summed E-state index contributed by atoms with van der Waals surface area (Å²) < 4.78 is 14.1. The van der Waals surface area contributed by atoms with Crippen LogP contribution in [-0.4, -0.2) is 10.8 Å². The molecule has 0 aliphatic rings. The highest BCUT2D eigenvalue weighted by molar-refractivity contribution is 5.97. The number of carbonyl (C=O) groups is 1. The molecule has 0 radical (unpaired) electrons. The van der Waals surface area contributed by atoms with Crippen LogP contribution in [0.25, 0.3) is 5.57 Å². The van der Waals surface area contributed by atoms with E-state index in [1.54, 1.807) is 18.2 Å². The van der Waals surface area contributed by atoms with Crippen LogP contribution in [-0.2, 0) is 4.79 Å². The van der Waals surface area contributed by atoms with Crippen molar-refractivity contribution in [3.8, 4) is 0 Å². The smallest absolute Gasteiger partial charge is 0.270 e. The van der Waals surface area contributed by atoms with E-state index in [0.717, 1.165) is 0 Å². The van der Waals surface area contributed by atoms with Gasteiger partial charge in [0.2, 0.25) is 5.91 Å². The zero-order chi connectivity index (χ0) is 19.3. The normalized spacial score (nSPS) is 10.6. The van der Waals surface area contributed by atoms with Gasteiger partial charge in [-0.05, 0) is 30.5 Å². The van der Waals surface area contributed by atoms with E-state index >= 15 is 0 Å². The van der Waals surface area contributed by atoms with Gasteiger partial charge in [0.25, 0.3) is 5.69 Å². The Hall–Kier alpha value is -3.02. The van der Waals surface area contributed by atoms with Crippen LogP contribution in [0.1, 0.15) is 37.8 Å². The van der Waals surface area contributed by atoms with E-state index < -0.39 is 10.7 Å². The van der Waals surface area contributed by atoms with E-state index in [4.69, 9.17) is 0 Å². The second-order valence-corrected chi connectivity index (χ2v) is 5.95. The Morgan fingerprint density at radius 3 is 2.42 bits per heavy atom. The van der Waals surface area contributed by atoms with Crippen LogP contribution < -0.4 is 5.32 Å². The molecule has 0 atom stereocenters. The van der Waals surface area contributed by atoms with E-state index in [1.165, 1.54) is 24.3 Å². The second kappa shape index (κ2) is 8.38. The van der Waals surface area contributed by atoms with Crippen molar-refractivity contribution in [3.05, 3.63) is 76.1 Å². The third-order valence-electron chi connectivity index (χ3n) is 4.35. The molecule has 6 heteroatoms. The number of benzene rings is 2. The Balaban J connectivity index is 2.49. The Kier molecular flexibility index (Phi) is 6.22. The summed E-state index contributed by atoms with van der Waals surface area (Å²) in [4.78, 5) is 23.0. The molecule has 0 unspecified atom stereocenters. The standard InChI is InChI=1S/C20H21FN2O3/c1-4-14(5-2)20(24)22-19-11-10-15(23(25)26)12-17(19)13(3)16-8-6-7-9-18(16)21/h6-12,14H,3-5H2,1-2H3,(H,22,24). The van der Waals surface area contributed by atoms with Crippen LogP contribution >= 0.6 is 0 Å². The molecule has 0 fully saturated rings. The molecule has 0 aromatic heterocycles. The molecule has 1 N–H and O–H groups in total. The van der Waals surface area contributed by atoms with Crippen LogP contribution in [0, 0.1) is 21.8 Å². The van der Waals surface area contributed by atoms with Crippen LogP contribution in [0.2, 0.25) is 0 Å². The third-order valence-corrected chi connectivity index (χ3v) is 4.35. The van der Waals surface area contributed by atoms with Gasteiger partial charge in [-0.1, -0.05) is 38.6 Å². The zero-order valence-electron chi connectivity index (χ0n) is 14.8. The summed E-state index contributed by atoms with van der Waals surface area (Å²) in [5.41, 5.74) is 1.04. The first-order valence-electron chi connectivity index (χ1n) is 8.42. The summed E-state index contributed by atoms with van der Waals surface area (Å²) in [6.07, 6.45) is 1.36. The molecule has 2 aromatic rings. The molecule has 2 rings (SSSR count). The minimum atomic E-state index is -0.537. The van der Waals surface area contributed by atoms with Gasteiger partial charge in [0.05, 0.1) is 4.92 Å². The number of amides is 1. The van der Waals surface area contributed by atoms with Crippen molar-refractivity contribution in [2.75, 3.05) is 5.32 Å². The Morgan fingerprint density at radius 2 is 1.85 bits per heavy atom. The van der Waals surface area contributed by atoms with Crippen LogP contribution in [0.5, 0.6) is 0 Å². The van der Waals surface area contributed by atoms with Gasteiger partial charge in [-0.2, -0.15) is 0 Å². The number of nitrogens with one attached hydrogen (secondary N) is 1. The lowest BCUT2D eigenvalue weighted by molar-refractivity contribution is -0.384. The first-order valence-corrected chi connectivity index (χ1v) is 8.42. The lowest BCUT2D eigenvalue weighted by Gasteiger charge is -2.17. The number of nitro benzene ring substituents is 1. The number of halogens is 1. The summed E-state index contributed by atoms with van der Waals surface area (Å²) in [7, 11) is 0. The van der Waals surface area contributed by atoms with Gasteiger partial charge in [-0.15, -0.1) is 0 Å². The molecule has 0 saturated heterocycles. The lowest BCUT2D eigenvalue weighted by atomic mass is 9.96. The van der Waals surface area contributed by atoms with Gasteiger partial charge in [-0.25, -0.2) is 4.39 Å². The maximum absolute atomic E-state index is 14.1. The van der Waals surface area contributed by atoms with Crippen molar-refractivity contribution < 1.29 is 14.1 Å². The number of anilines is 1. The highest BCUT2D eigenvalue weighted by atomic mass is 19.1. The lowest BCUT2D eigenvalue weighted by Crippen LogP contribution is -2.22. The molecule has 1 amide bonds. The first-order chi connectivity index (χ1) is 12.4. The fourth-order valence-electron chi connectivity index (χ4n) is 2.75. The Morgan fingerprint density at radius 1 is 1.19 bits per heavy atom. The molecule has 2 aromatic carbocycles. The first kappa shape index (κ1) is 19.3. The van der Waals surface area contributed by atoms with E-state index in [2.05, 4.69) is 11.9 Å². The Labute approximate surface area is 151 Å². The molecule has 5 nitrogen and oxygen atoms in total. The minimum absolute atomic E-state index is 0.155. The summed E-state index contributed by atoms with van der Waals surface area (Å²) >= 11 is 0. The number of carbonyl (C=O) groups excluding carboxylic acids is 1. The number of hydrogen-bond acceptors (Lipinski definition) is 3. The molecule has 136 valence electrons. The van der Waals surface area contributed by atoms with Crippen LogP contribution in [0.15, 0.2) is 49.0 Å². The van der Waals surface area contributed by atoms with Gasteiger partial charge in [0.15, 0.2) is 0 Å². The van der Waals surface area contributed by atoms with Crippen molar-refractivity contribution in [2.24, 2.45) is 5.92 Å². The average molecular weight is 356 g/mol. The molecular formula is C20H21FN2O3. The molecule has 0 heterocycles. The molecular weight excluding hydrogens is 335 g/mol. The van der Waals surface area contributed by atoms with E-state index in [0.29, 0.717) is 24.1 Å². The highest BCUT2D eigenvalue weighted by Gasteiger charge is 2.20. The predicted molar refractivity (Wildman–Crippen MR) is 100 cm³/mol. The Bertz CT molecular complexity index is 845. The van der Waals surface area contributed by atoms with Gasteiger partial charge < -0.3 is 5.32 Å². The monoisotopic (exact) mass is 356 g/mol. The van der Waals surface area contributed by atoms with E-state index in [-0.39, 0.29) is 28.6 Å². The number of nitrogens with zero attached hydrogens (tertiary/aromatic N) is 1. The zero-order valence-corrected chi connectivity index (χ0v) is 14.8. The van der Waals surface area contributed by atoms with Crippen LogP contribution in [0.4, 0.5) is 15.8 Å². The quantitative estimate of drug-likeness (QED) is 0.549. The van der Waals surface area contributed by atoms with E-state index in [9.17, 15) is 19.3 Å². The predicted octanol–water partition coefficient (Wildman–Crippen LogP) is 5.17.